The summed E-state index contributed by atoms with van der Waals surface area (Å²) in [5.74, 6) is 1.96. The van der Waals surface area contributed by atoms with E-state index in [-0.39, 0.29) is 5.92 Å². The third kappa shape index (κ3) is 1.82. The molecule has 0 aliphatic heterocycles. The molecule has 1 aromatic rings. The molecule has 4 unspecified atom stereocenters. The number of hydrogen-bond acceptors (Lipinski definition) is 1. The van der Waals surface area contributed by atoms with Gasteiger partial charge in [0.15, 0.2) is 0 Å². The Bertz CT molecular complexity index is 447. The second-order valence-corrected chi connectivity index (χ2v) is 5.67. The Labute approximate surface area is 104 Å². The smallest absolute Gasteiger partial charge is 0.137 e. The second kappa shape index (κ2) is 4.29. The van der Waals surface area contributed by atoms with E-state index < -0.39 is 0 Å². The zero-order valence-corrected chi connectivity index (χ0v) is 11.4. The molecule has 0 bridgehead atoms. The van der Waals surface area contributed by atoms with Crippen molar-refractivity contribution in [2.45, 2.75) is 46.5 Å². The van der Waals surface area contributed by atoms with Gasteiger partial charge in [-0.25, -0.2) is 0 Å². The molecule has 0 fully saturated rings. The topological polar surface area (TPSA) is 17.1 Å². The Morgan fingerprint density at radius 3 is 2.35 bits per heavy atom. The van der Waals surface area contributed by atoms with E-state index in [1.807, 2.05) is 0 Å². The van der Waals surface area contributed by atoms with Gasteiger partial charge < -0.3 is 0 Å². The standard InChI is InChI=1S/C16H22O/c1-9-7-6-8-14-15(9)11(3)10(2)12(4)16(14)13(5)17/h6-8,10-12,16H,1-5H3. The van der Waals surface area contributed by atoms with Crippen molar-refractivity contribution in [3.8, 4) is 0 Å². The van der Waals surface area contributed by atoms with Crippen LogP contribution in [0.3, 0.4) is 0 Å². The Morgan fingerprint density at radius 1 is 1.12 bits per heavy atom. The molecule has 0 spiro atoms. The SMILES string of the molecule is CC(=O)C1c2cccc(C)c2C(C)C(C)C1C. The van der Waals surface area contributed by atoms with E-state index in [0.717, 1.165) is 0 Å². The largest absolute Gasteiger partial charge is 0.299 e. The number of rotatable bonds is 1. The van der Waals surface area contributed by atoms with Crippen molar-refractivity contribution in [2.75, 3.05) is 0 Å². The van der Waals surface area contributed by atoms with Crippen LogP contribution in [0.5, 0.6) is 0 Å². The molecule has 1 heteroatoms. The van der Waals surface area contributed by atoms with Gasteiger partial charge in [-0.05, 0) is 48.3 Å². The van der Waals surface area contributed by atoms with Crippen LogP contribution in [-0.2, 0) is 4.79 Å². The van der Waals surface area contributed by atoms with Gasteiger partial charge in [0.05, 0.1) is 0 Å². The molecular formula is C16H22O. The third-order valence-electron chi connectivity index (χ3n) is 4.73. The number of hydrogen-bond donors (Lipinski definition) is 0. The average molecular weight is 230 g/mol. The molecule has 1 aliphatic rings. The van der Waals surface area contributed by atoms with E-state index in [1.165, 1.54) is 16.7 Å². The highest BCUT2D eigenvalue weighted by Gasteiger charge is 2.38. The summed E-state index contributed by atoms with van der Waals surface area (Å²) in [4.78, 5) is 11.9. The first kappa shape index (κ1) is 12.3. The van der Waals surface area contributed by atoms with Gasteiger partial charge in [-0.15, -0.1) is 0 Å². The lowest BCUT2D eigenvalue weighted by atomic mass is 9.64. The average Bonchev–Trinajstić information content (AvgIpc) is 2.25. The van der Waals surface area contributed by atoms with E-state index in [9.17, 15) is 4.79 Å². The molecule has 17 heavy (non-hydrogen) atoms. The highest BCUT2D eigenvalue weighted by molar-refractivity contribution is 5.84. The van der Waals surface area contributed by atoms with Crippen molar-refractivity contribution >= 4 is 5.78 Å². The highest BCUT2D eigenvalue weighted by atomic mass is 16.1. The van der Waals surface area contributed by atoms with Crippen LogP contribution in [0.4, 0.5) is 0 Å². The Balaban J connectivity index is 2.64. The number of carbonyl (C=O) groups is 1. The molecule has 4 atom stereocenters. The summed E-state index contributed by atoms with van der Waals surface area (Å²) in [5.41, 5.74) is 4.02. The first-order valence-electron chi connectivity index (χ1n) is 6.55. The van der Waals surface area contributed by atoms with E-state index in [1.54, 1.807) is 6.92 Å². The van der Waals surface area contributed by atoms with Crippen molar-refractivity contribution in [3.63, 3.8) is 0 Å². The lowest BCUT2D eigenvalue weighted by Crippen LogP contribution is -2.32. The fraction of sp³-hybridized carbons (Fsp3) is 0.562. The predicted octanol–water partition coefficient (Wildman–Crippen LogP) is 4.06. The monoisotopic (exact) mass is 230 g/mol. The Morgan fingerprint density at radius 2 is 1.76 bits per heavy atom. The summed E-state index contributed by atoms with van der Waals surface area (Å²) in [6, 6.07) is 6.39. The summed E-state index contributed by atoms with van der Waals surface area (Å²) in [5, 5.41) is 0. The van der Waals surface area contributed by atoms with Crippen molar-refractivity contribution in [1.82, 2.24) is 0 Å². The second-order valence-electron chi connectivity index (χ2n) is 5.67. The molecule has 2 rings (SSSR count). The van der Waals surface area contributed by atoms with Crippen LogP contribution in [0, 0.1) is 18.8 Å². The van der Waals surface area contributed by atoms with Gasteiger partial charge in [-0.3, -0.25) is 4.79 Å². The van der Waals surface area contributed by atoms with Crippen LogP contribution in [0.2, 0.25) is 0 Å². The Hall–Kier alpha value is -1.11. The number of ketones is 1. The molecule has 0 heterocycles. The molecule has 0 N–H and O–H groups in total. The summed E-state index contributed by atoms with van der Waals surface area (Å²) < 4.78 is 0. The maximum atomic E-state index is 11.9. The summed E-state index contributed by atoms with van der Waals surface area (Å²) >= 11 is 0. The zero-order valence-electron chi connectivity index (χ0n) is 11.4. The predicted molar refractivity (Wildman–Crippen MR) is 71.3 cm³/mol. The van der Waals surface area contributed by atoms with Crippen LogP contribution < -0.4 is 0 Å². The van der Waals surface area contributed by atoms with Gasteiger partial charge in [-0.1, -0.05) is 39.0 Å². The summed E-state index contributed by atoms with van der Waals surface area (Å²) in [6.07, 6.45) is 0. The molecular weight excluding hydrogens is 208 g/mol. The highest BCUT2D eigenvalue weighted by Crippen LogP contribution is 2.47. The zero-order chi connectivity index (χ0) is 12.7. The van der Waals surface area contributed by atoms with E-state index in [2.05, 4.69) is 45.9 Å². The number of aryl methyl sites for hydroxylation is 1. The van der Waals surface area contributed by atoms with Crippen LogP contribution in [0.25, 0.3) is 0 Å². The minimum atomic E-state index is 0.0936. The molecule has 92 valence electrons. The lowest BCUT2D eigenvalue weighted by Gasteiger charge is -2.40. The number of Topliss-reactive ketones (excluding diaryl/α,β-unsaturated/α-hetero) is 1. The van der Waals surface area contributed by atoms with Crippen LogP contribution in [0.15, 0.2) is 18.2 Å². The minimum Gasteiger partial charge on any atom is -0.299 e. The molecule has 1 aromatic carbocycles. The van der Waals surface area contributed by atoms with Crippen molar-refractivity contribution in [3.05, 3.63) is 34.9 Å². The Kier molecular flexibility index (Phi) is 3.11. The fourth-order valence-corrected chi connectivity index (χ4v) is 3.49. The van der Waals surface area contributed by atoms with Gasteiger partial charge in [-0.2, -0.15) is 0 Å². The van der Waals surface area contributed by atoms with Crippen molar-refractivity contribution in [2.24, 2.45) is 11.8 Å². The van der Waals surface area contributed by atoms with Gasteiger partial charge in [0.2, 0.25) is 0 Å². The van der Waals surface area contributed by atoms with Crippen LogP contribution in [-0.4, -0.2) is 5.78 Å². The normalized spacial score (nSPS) is 32.1. The minimum absolute atomic E-state index is 0.0936. The quantitative estimate of drug-likeness (QED) is 0.711. The molecule has 0 radical (unpaired) electrons. The van der Waals surface area contributed by atoms with Gasteiger partial charge in [0.25, 0.3) is 0 Å². The van der Waals surface area contributed by atoms with Gasteiger partial charge in [0, 0.05) is 5.92 Å². The maximum Gasteiger partial charge on any atom is 0.137 e. The first-order chi connectivity index (χ1) is 7.95. The third-order valence-corrected chi connectivity index (χ3v) is 4.73. The van der Waals surface area contributed by atoms with E-state index in [0.29, 0.717) is 23.5 Å². The van der Waals surface area contributed by atoms with Gasteiger partial charge >= 0.3 is 0 Å². The van der Waals surface area contributed by atoms with Crippen LogP contribution >= 0.6 is 0 Å². The van der Waals surface area contributed by atoms with Crippen molar-refractivity contribution < 1.29 is 4.79 Å². The number of benzene rings is 1. The summed E-state index contributed by atoms with van der Waals surface area (Å²) in [7, 11) is 0. The molecule has 0 amide bonds. The molecule has 0 aromatic heterocycles. The fourth-order valence-electron chi connectivity index (χ4n) is 3.49. The lowest BCUT2D eigenvalue weighted by molar-refractivity contribution is -0.120. The molecule has 1 aliphatic carbocycles. The molecule has 1 nitrogen and oxygen atoms in total. The van der Waals surface area contributed by atoms with Crippen LogP contribution in [0.1, 0.15) is 56.2 Å². The first-order valence-corrected chi connectivity index (χ1v) is 6.55. The molecule has 0 saturated carbocycles. The number of fused-ring (bicyclic) bond motifs is 1. The molecule has 0 saturated heterocycles. The van der Waals surface area contributed by atoms with E-state index in [4.69, 9.17) is 0 Å². The van der Waals surface area contributed by atoms with Crippen molar-refractivity contribution in [1.29, 1.82) is 0 Å². The summed E-state index contributed by atoms with van der Waals surface area (Å²) in [6.45, 7) is 10.7. The van der Waals surface area contributed by atoms with Gasteiger partial charge in [0.1, 0.15) is 5.78 Å². The van der Waals surface area contributed by atoms with E-state index >= 15 is 0 Å². The number of carbonyl (C=O) groups excluding carboxylic acids is 1. The maximum absolute atomic E-state index is 11.9.